The van der Waals surface area contributed by atoms with Crippen LogP contribution in [0.3, 0.4) is 0 Å². The lowest BCUT2D eigenvalue weighted by molar-refractivity contribution is 0.0735. The number of carbonyl (C=O) groups is 1. The third kappa shape index (κ3) is 3.59. The Morgan fingerprint density at radius 1 is 1.19 bits per heavy atom. The molecule has 3 rings (SSSR count). The maximum Gasteiger partial charge on any atom is 0.254 e. The highest BCUT2D eigenvalue weighted by molar-refractivity contribution is 7.89. The van der Waals surface area contributed by atoms with E-state index in [1.807, 2.05) is 29.2 Å². The van der Waals surface area contributed by atoms with Crippen molar-refractivity contribution in [2.75, 3.05) is 20.7 Å². The van der Waals surface area contributed by atoms with Crippen molar-refractivity contribution in [1.82, 2.24) is 9.62 Å². The minimum absolute atomic E-state index is 0.00156. The molecule has 2 aromatic carbocycles. The zero-order valence-electron chi connectivity index (χ0n) is 14.8. The van der Waals surface area contributed by atoms with Gasteiger partial charge in [0.2, 0.25) is 10.0 Å². The first-order valence-corrected chi connectivity index (χ1v) is 9.93. The molecule has 1 aliphatic rings. The Morgan fingerprint density at radius 2 is 1.92 bits per heavy atom. The smallest absolute Gasteiger partial charge is 0.254 e. The number of carbonyl (C=O) groups excluding carboxylic acids is 1. The predicted molar refractivity (Wildman–Crippen MR) is 98.7 cm³/mol. The number of sulfonamides is 1. The molecule has 1 N–H and O–H groups in total. The average Bonchev–Trinajstić information content (AvgIpc) is 3.17. The Hall–Kier alpha value is -2.38. The molecule has 138 valence electrons. The van der Waals surface area contributed by atoms with Gasteiger partial charge in [-0.15, -0.1) is 0 Å². The van der Waals surface area contributed by atoms with Crippen LogP contribution in [0.25, 0.3) is 0 Å². The van der Waals surface area contributed by atoms with Crippen LogP contribution in [0.15, 0.2) is 53.4 Å². The maximum absolute atomic E-state index is 12.9. The topological polar surface area (TPSA) is 75.7 Å². The van der Waals surface area contributed by atoms with Crippen molar-refractivity contribution in [1.29, 1.82) is 0 Å². The molecule has 0 radical (unpaired) electrons. The fourth-order valence-corrected chi connectivity index (χ4v) is 4.00. The first-order valence-electron chi connectivity index (χ1n) is 8.45. The van der Waals surface area contributed by atoms with Gasteiger partial charge in [0.25, 0.3) is 5.91 Å². The largest absolute Gasteiger partial charge is 0.497 e. The van der Waals surface area contributed by atoms with Crippen LogP contribution in [-0.4, -0.2) is 39.9 Å². The molecular formula is C19H22N2O4S. The Kier molecular flexibility index (Phi) is 5.29. The molecule has 1 atom stereocenters. The second kappa shape index (κ2) is 7.47. The fourth-order valence-electron chi connectivity index (χ4n) is 3.27. The summed E-state index contributed by atoms with van der Waals surface area (Å²) < 4.78 is 31.2. The van der Waals surface area contributed by atoms with Crippen molar-refractivity contribution in [3.63, 3.8) is 0 Å². The summed E-state index contributed by atoms with van der Waals surface area (Å²) >= 11 is 0. The van der Waals surface area contributed by atoms with Gasteiger partial charge in [-0.25, -0.2) is 13.1 Å². The molecule has 1 heterocycles. The summed E-state index contributed by atoms with van der Waals surface area (Å²) in [7, 11) is -0.529. The third-order valence-electron chi connectivity index (χ3n) is 4.67. The van der Waals surface area contributed by atoms with Crippen LogP contribution >= 0.6 is 0 Å². The van der Waals surface area contributed by atoms with Crippen LogP contribution in [0.4, 0.5) is 0 Å². The van der Waals surface area contributed by atoms with Crippen LogP contribution in [0.2, 0.25) is 0 Å². The lowest BCUT2D eigenvalue weighted by Gasteiger charge is -2.25. The second-order valence-corrected chi connectivity index (χ2v) is 8.05. The van der Waals surface area contributed by atoms with Crippen molar-refractivity contribution in [3.8, 4) is 5.75 Å². The van der Waals surface area contributed by atoms with Gasteiger partial charge in [-0.05, 0) is 61.9 Å². The van der Waals surface area contributed by atoms with Crippen LogP contribution < -0.4 is 9.46 Å². The molecule has 1 saturated heterocycles. The number of benzene rings is 2. The number of ether oxygens (including phenoxy) is 1. The average molecular weight is 374 g/mol. The molecule has 6 nitrogen and oxygen atoms in total. The second-order valence-electron chi connectivity index (χ2n) is 6.17. The number of hydrogen-bond donors (Lipinski definition) is 1. The molecule has 1 fully saturated rings. The van der Waals surface area contributed by atoms with Crippen LogP contribution in [0, 0.1) is 0 Å². The molecule has 0 aromatic heterocycles. The van der Waals surface area contributed by atoms with Crippen molar-refractivity contribution >= 4 is 15.9 Å². The van der Waals surface area contributed by atoms with Crippen LogP contribution in [0.5, 0.6) is 5.75 Å². The molecule has 0 spiro atoms. The molecule has 0 unspecified atom stereocenters. The van der Waals surface area contributed by atoms with Crippen LogP contribution in [0.1, 0.15) is 34.8 Å². The minimum Gasteiger partial charge on any atom is -0.497 e. The Morgan fingerprint density at radius 3 is 2.58 bits per heavy atom. The molecule has 2 aromatic rings. The van der Waals surface area contributed by atoms with Crippen molar-refractivity contribution in [3.05, 3.63) is 59.7 Å². The SMILES string of the molecule is CNS(=O)(=O)c1ccc(C(=O)N2CCC[C@H]2c2cccc(OC)c2)cc1. The Balaban J connectivity index is 1.84. The molecule has 1 amide bonds. The van der Waals surface area contributed by atoms with Gasteiger partial charge >= 0.3 is 0 Å². The summed E-state index contributed by atoms with van der Waals surface area (Å²) in [5.41, 5.74) is 1.53. The number of methoxy groups -OCH3 is 1. The van der Waals surface area contributed by atoms with Crippen molar-refractivity contribution < 1.29 is 17.9 Å². The predicted octanol–water partition coefficient (Wildman–Crippen LogP) is 2.58. The van der Waals surface area contributed by atoms with Gasteiger partial charge in [-0.2, -0.15) is 0 Å². The third-order valence-corrected chi connectivity index (χ3v) is 6.10. The summed E-state index contributed by atoms with van der Waals surface area (Å²) in [4.78, 5) is 14.9. The molecular weight excluding hydrogens is 352 g/mol. The van der Waals surface area contributed by atoms with E-state index in [1.165, 1.54) is 19.2 Å². The lowest BCUT2D eigenvalue weighted by Crippen LogP contribution is -2.30. The summed E-state index contributed by atoms with van der Waals surface area (Å²) in [5.74, 6) is 0.673. The standard InChI is InChI=1S/C19H22N2O4S/c1-20-26(23,24)17-10-8-14(9-11-17)19(22)21-12-4-7-18(21)15-5-3-6-16(13-15)25-2/h3,5-6,8-11,13,18,20H,4,7,12H2,1-2H3/t18-/m0/s1. The highest BCUT2D eigenvalue weighted by Gasteiger charge is 2.31. The highest BCUT2D eigenvalue weighted by Crippen LogP contribution is 2.34. The number of likely N-dealkylation sites (tertiary alicyclic amines) is 1. The zero-order valence-corrected chi connectivity index (χ0v) is 15.6. The first-order chi connectivity index (χ1) is 12.5. The molecule has 7 heteroatoms. The van der Waals surface area contributed by atoms with E-state index in [9.17, 15) is 13.2 Å². The van der Waals surface area contributed by atoms with Gasteiger partial charge in [0.1, 0.15) is 5.75 Å². The minimum atomic E-state index is -3.51. The number of rotatable bonds is 5. The quantitative estimate of drug-likeness (QED) is 0.873. The number of amides is 1. The van der Waals surface area contributed by atoms with E-state index in [4.69, 9.17) is 4.74 Å². The Bertz CT molecular complexity index is 894. The number of nitrogens with zero attached hydrogens (tertiary/aromatic N) is 1. The molecule has 1 aliphatic heterocycles. The van der Waals surface area contributed by atoms with Crippen molar-refractivity contribution in [2.24, 2.45) is 0 Å². The summed E-state index contributed by atoms with van der Waals surface area (Å²) in [6.45, 7) is 0.678. The number of nitrogens with one attached hydrogen (secondary N) is 1. The first kappa shape index (κ1) is 18.4. The number of hydrogen-bond acceptors (Lipinski definition) is 4. The molecule has 0 bridgehead atoms. The Labute approximate surface area is 153 Å². The highest BCUT2D eigenvalue weighted by atomic mass is 32.2. The lowest BCUT2D eigenvalue weighted by atomic mass is 10.0. The summed E-state index contributed by atoms with van der Waals surface area (Å²) in [6, 6.07) is 13.8. The van der Waals surface area contributed by atoms with E-state index >= 15 is 0 Å². The van der Waals surface area contributed by atoms with E-state index in [1.54, 1.807) is 19.2 Å². The summed E-state index contributed by atoms with van der Waals surface area (Å²) in [5, 5.41) is 0. The fraction of sp³-hybridized carbons (Fsp3) is 0.316. The van der Waals surface area contributed by atoms with Gasteiger partial charge in [0.05, 0.1) is 18.0 Å². The van der Waals surface area contributed by atoms with E-state index in [2.05, 4.69) is 4.72 Å². The van der Waals surface area contributed by atoms with Gasteiger partial charge in [-0.3, -0.25) is 4.79 Å². The zero-order chi connectivity index (χ0) is 18.7. The summed E-state index contributed by atoms with van der Waals surface area (Å²) in [6.07, 6.45) is 1.82. The van der Waals surface area contributed by atoms with E-state index < -0.39 is 10.0 Å². The van der Waals surface area contributed by atoms with Crippen molar-refractivity contribution in [2.45, 2.75) is 23.8 Å². The van der Waals surface area contributed by atoms with Gasteiger partial charge in [-0.1, -0.05) is 12.1 Å². The van der Waals surface area contributed by atoms with E-state index in [0.29, 0.717) is 12.1 Å². The molecule has 26 heavy (non-hydrogen) atoms. The normalized spacial score (nSPS) is 17.3. The monoisotopic (exact) mass is 374 g/mol. The van der Waals surface area contributed by atoms with E-state index in [-0.39, 0.29) is 16.8 Å². The van der Waals surface area contributed by atoms with Crippen LogP contribution in [-0.2, 0) is 10.0 Å². The van der Waals surface area contributed by atoms with Gasteiger partial charge in [0, 0.05) is 12.1 Å². The molecule has 0 aliphatic carbocycles. The van der Waals surface area contributed by atoms with Gasteiger partial charge in [0.15, 0.2) is 0 Å². The molecule has 0 saturated carbocycles. The van der Waals surface area contributed by atoms with E-state index in [0.717, 1.165) is 24.2 Å². The van der Waals surface area contributed by atoms with Gasteiger partial charge < -0.3 is 9.64 Å². The maximum atomic E-state index is 12.9.